The molecule has 0 amide bonds. The summed E-state index contributed by atoms with van der Waals surface area (Å²) < 4.78 is 54.7. The molecule has 3 aromatic rings. The molecule has 11 heteroatoms. The van der Waals surface area contributed by atoms with Crippen molar-refractivity contribution in [2.45, 2.75) is 26.8 Å². The first-order chi connectivity index (χ1) is 14.8. The molecule has 3 rings (SSSR count). The molecule has 0 spiro atoms. The fraction of sp³-hybridized carbons (Fsp3) is 0.381. The van der Waals surface area contributed by atoms with Gasteiger partial charge in [0.1, 0.15) is 17.5 Å². The molecule has 0 fully saturated rings. The van der Waals surface area contributed by atoms with Gasteiger partial charge in [0.15, 0.2) is 11.6 Å². The van der Waals surface area contributed by atoms with Gasteiger partial charge in [-0.3, -0.25) is 0 Å². The van der Waals surface area contributed by atoms with Crippen LogP contribution in [0, 0.1) is 28.4 Å². The molecule has 0 aliphatic carbocycles. The van der Waals surface area contributed by atoms with Crippen molar-refractivity contribution in [1.82, 2.24) is 19.3 Å². The van der Waals surface area contributed by atoms with Gasteiger partial charge in [-0.15, -0.1) is 0 Å². The van der Waals surface area contributed by atoms with E-state index in [0.29, 0.717) is 16.6 Å². The Morgan fingerprint density at radius 2 is 1.97 bits per heavy atom. The van der Waals surface area contributed by atoms with Crippen molar-refractivity contribution in [2.75, 3.05) is 25.2 Å². The Labute approximate surface area is 185 Å². The second kappa shape index (κ2) is 8.44. The molecule has 0 saturated heterocycles. The van der Waals surface area contributed by atoms with Gasteiger partial charge in [0.05, 0.1) is 23.2 Å². The minimum absolute atomic E-state index is 0.0496. The number of hydrogen-bond donors (Lipinski definition) is 2. The molecule has 0 radical (unpaired) electrons. The SMILES string of the molecule is CN(C)S(=O)(=O)C[C@@H](Nc1nc(-c2c[nH]c3ncc(F)cc23)c(C#N)cc1F)C(C)(C)C. The van der Waals surface area contributed by atoms with E-state index in [1.165, 1.54) is 26.4 Å². The average Bonchev–Trinajstić information content (AvgIpc) is 3.10. The molecule has 32 heavy (non-hydrogen) atoms. The van der Waals surface area contributed by atoms with Crippen LogP contribution in [0.4, 0.5) is 14.6 Å². The lowest BCUT2D eigenvalue weighted by atomic mass is 9.88. The first-order valence-electron chi connectivity index (χ1n) is 9.74. The van der Waals surface area contributed by atoms with Gasteiger partial charge in [0, 0.05) is 37.3 Å². The lowest BCUT2D eigenvalue weighted by molar-refractivity contribution is 0.354. The van der Waals surface area contributed by atoms with E-state index in [-0.39, 0.29) is 22.8 Å². The van der Waals surface area contributed by atoms with Crippen LogP contribution >= 0.6 is 0 Å². The number of fused-ring (bicyclic) bond motifs is 1. The molecule has 3 heterocycles. The molecule has 0 unspecified atom stereocenters. The normalized spacial score (nSPS) is 13.3. The Morgan fingerprint density at radius 1 is 1.28 bits per heavy atom. The number of anilines is 1. The summed E-state index contributed by atoms with van der Waals surface area (Å²) in [6.45, 7) is 5.48. The standard InChI is InChI=1S/C21H24F2N6O2S/c1-21(2,3)17(11-32(30,31)29(4)5)27-20-16(23)6-12(8-24)18(28-20)15-10-26-19-14(15)7-13(22)9-25-19/h6-7,9-10,17H,11H2,1-5H3,(H,25,26)(H,27,28)/t17-/m1/s1. The summed E-state index contributed by atoms with van der Waals surface area (Å²) in [5, 5.41) is 12.8. The van der Waals surface area contributed by atoms with Crippen molar-refractivity contribution in [3.8, 4) is 17.3 Å². The van der Waals surface area contributed by atoms with Crippen molar-refractivity contribution in [1.29, 1.82) is 5.26 Å². The zero-order valence-corrected chi connectivity index (χ0v) is 19.2. The summed E-state index contributed by atoms with van der Waals surface area (Å²) in [4.78, 5) is 11.1. The number of halogens is 2. The van der Waals surface area contributed by atoms with Gasteiger partial charge in [-0.2, -0.15) is 5.26 Å². The zero-order valence-electron chi connectivity index (χ0n) is 18.4. The van der Waals surface area contributed by atoms with Crippen LogP contribution in [0.5, 0.6) is 0 Å². The number of rotatable bonds is 6. The highest BCUT2D eigenvalue weighted by atomic mass is 32.2. The van der Waals surface area contributed by atoms with Crippen LogP contribution in [0.1, 0.15) is 26.3 Å². The maximum absolute atomic E-state index is 14.9. The van der Waals surface area contributed by atoms with Crippen LogP contribution < -0.4 is 5.32 Å². The quantitative estimate of drug-likeness (QED) is 0.580. The number of H-pyrrole nitrogens is 1. The lowest BCUT2D eigenvalue weighted by Gasteiger charge is -2.32. The summed E-state index contributed by atoms with van der Waals surface area (Å²) in [5.41, 5.74) is 0.263. The third-order valence-corrected chi connectivity index (χ3v) is 7.01. The van der Waals surface area contributed by atoms with Crippen LogP contribution in [-0.2, 0) is 10.0 Å². The predicted octanol–water partition coefficient (Wildman–Crippen LogP) is 3.49. The van der Waals surface area contributed by atoms with E-state index in [0.717, 1.165) is 16.6 Å². The smallest absolute Gasteiger partial charge is 0.215 e. The minimum Gasteiger partial charge on any atom is -0.363 e. The topological polar surface area (TPSA) is 115 Å². The van der Waals surface area contributed by atoms with Crippen molar-refractivity contribution in [3.63, 3.8) is 0 Å². The van der Waals surface area contributed by atoms with Gasteiger partial charge >= 0.3 is 0 Å². The van der Waals surface area contributed by atoms with Crippen molar-refractivity contribution >= 4 is 26.9 Å². The Morgan fingerprint density at radius 3 is 2.56 bits per heavy atom. The van der Waals surface area contributed by atoms with E-state index in [9.17, 15) is 22.5 Å². The van der Waals surface area contributed by atoms with Gasteiger partial charge in [-0.05, 0) is 17.5 Å². The summed E-state index contributed by atoms with van der Waals surface area (Å²) in [6, 6.07) is 3.48. The fourth-order valence-corrected chi connectivity index (χ4v) is 4.39. The third kappa shape index (κ3) is 4.71. The molecular weight excluding hydrogens is 438 g/mol. The van der Waals surface area contributed by atoms with E-state index in [1.807, 2.05) is 26.8 Å². The van der Waals surface area contributed by atoms with Gasteiger partial charge in [0.2, 0.25) is 10.0 Å². The molecule has 3 aromatic heterocycles. The Hall–Kier alpha value is -3.10. The highest BCUT2D eigenvalue weighted by Crippen LogP contribution is 2.32. The number of pyridine rings is 2. The number of nitriles is 1. The molecule has 1 atom stereocenters. The minimum atomic E-state index is -3.60. The number of nitrogens with one attached hydrogen (secondary N) is 2. The Bertz CT molecular complexity index is 1310. The Balaban J connectivity index is 2.11. The number of aromatic nitrogens is 3. The summed E-state index contributed by atoms with van der Waals surface area (Å²) in [5.74, 6) is -1.86. The number of hydrogen-bond acceptors (Lipinski definition) is 6. The summed E-state index contributed by atoms with van der Waals surface area (Å²) >= 11 is 0. The third-order valence-electron chi connectivity index (χ3n) is 5.14. The zero-order chi connectivity index (χ0) is 23.8. The van der Waals surface area contributed by atoms with Crippen LogP contribution in [0.15, 0.2) is 24.5 Å². The molecule has 0 bridgehead atoms. The van der Waals surface area contributed by atoms with Crippen molar-refractivity contribution in [2.24, 2.45) is 5.41 Å². The van der Waals surface area contributed by atoms with Gasteiger partial charge < -0.3 is 10.3 Å². The van der Waals surface area contributed by atoms with Gasteiger partial charge in [0.25, 0.3) is 0 Å². The fourth-order valence-electron chi connectivity index (χ4n) is 3.09. The van der Waals surface area contributed by atoms with Crippen molar-refractivity contribution < 1.29 is 17.2 Å². The first-order valence-corrected chi connectivity index (χ1v) is 11.3. The van der Waals surface area contributed by atoms with E-state index in [2.05, 4.69) is 20.3 Å². The van der Waals surface area contributed by atoms with E-state index in [4.69, 9.17) is 0 Å². The van der Waals surface area contributed by atoms with E-state index in [1.54, 1.807) is 0 Å². The maximum atomic E-state index is 14.9. The highest BCUT2D eigenvalue weighted by Gasteiger charge is 2.32. The number of aromatic amines is 1. The molecule has 170 valence electrons. The van der Waals surface area contributed by atoms with Crippen LogP contribution in [0.25, 0.3) is 22.3 Å². The number of sulfonamides is 1. The monoisotopic (exact) mass is 462 g/mol. The van der Waals surface area contributed by atoms with Gasteiger partial charge in [-0.1, -0.05) is 20.8 Å². The van der Waals surface area contributed by atoms with Crippen LogP contribution in [-0.4, -0.2) is 53.6 Å². The van der Waals surface area contributed by atoms with E-state index >= 15 is 0 Å². The molecule has 0 aliphatic rings. The predicted molar refractivity (Wildman–Crippen MR) is 118 cm³/mol. The molecule has 0 aliphatic heterocycles. The van der Waals surface area contributed by atoms with Gasteiger partial charge in [-0.25, -0.2) is 31.5 Å². The summed E-state index contributed by atoms with van der Waals surface area (Å²) in [6.07, 6.45) is 2.57. The summed E-state index contributed by atoms with van der Waals surface area (Å²) in [7, 11) is -0.743. The second-order valence-corrected chi connectivity index (χ2v) is 10.9. The Kier molecular flexibility index (Phi) is 6.22. The molecule has 0 aromatic carbocycles. The molecular formula is C21H24F2N6O2S. The van der Waals surface area contributed by atoms with E-state index < -0.39 is 33.1 Å². The average molecular weight is 463 g/mol. The second-order valence-electron chi connectivity index (χ2n) is 8.70. The highest BCUT2D eigenvalue weighted by molar-refractivity contribution is 7.89. The molecule has 2 N–H and O–H groups in total. The number of nitrogens with zero attached hydrogens (tertiary/aromatic N) is 4. The first kappa shape index (κ1) is 23.6. The molecule has 0 saturated carbocycles. The maximum Gasteiger partial charge on any atom is 0.215 e. The van der Waals surface area contributed by atoms with Crippen molar-refractivity contribution in [3.05, 3.63) is 41.7 Å². The lowest BCUT2D eigenvalue weighted by Crippen LogP contribution is -2.43. The largest absolute Gasteiger partial charge is 0.363 e. The van der Waals surface area contributed by atoms with Crippen LogP contribution in [0.3, 0.4) is 0 Å². The van der Waals surface area contributed by atoms with Crippen LogP contribution in [0.2, 0.25) is 0 Å². The molecule has 8 nitrogen and oxygen atoms in total.